The van der Waals surface area contributed by atoms with E-state index in [1.807, 2.05) is 56.3 Å². The number of carbonyl (C=O) groups is 1. The van der Waals surface area contributed by atoms with Crippen LogP contribution in [0.1, 0.15) is 27.4 Å². The highest BCUT2D eigenvalue weighted by Gasteiger charge is 2.13. The Kier molecular flexibility index (Phi) is 5.20. The molecule has 2 aromatic carbocycles. The average molecular weight is 387 g/mol. The fraction of sp³-hybridized carbons (Fsp3) is 0.182. The summed E-state index contributed by atoms with van der Waals surface area (Å²) in [4.78, 5) is 21.1. The van der Waals surface area contributed by atoms with E-state index >= 15 is 0 Å². The summed E-state index contributed by atoms with van der Waals surface area (Å²) in [5.41, 5.74) is 4.16. The minimum absolute atomic E-state index is 0.114. The molecule has 0 aliphatic rings. The van der Waals surface area contributed by atoms with Crippen LogP contribution in [0.2, 0.25) is 0 Å². The Hall–Kier alpha value is -3.74. The van der Waals surface area contributed by atoms with E-state index in [4.69, 9.17) is 4.42 Å². The van der Waals surface area contributed by atoms with Gasteiger partial charge < -0.3 is 9.73 Å². The maximum absolute atomic E-state index is 12.6. The molecule has 0 atom stereocenters. The Morgan fingerprint density at radius 3 is 2.69 bits per heavy atom. The monoisotopic (exact) mass is 387 g/mol. The zero-order valence-corrected chi connectivity index (χ0v) is 16.3. The van der Waals surface area contributed by atoms with Gasteiger partial charge >= 0.3 is 0 Å². The Bertz CT molecular complexity index is 1120. The Labute approximate surface area is 168 Å². The average Bonchev–Trinajstić information content (AvgIpc) is 3.39. The molecule has 2 aromatic heterocycles. The number of nitrogens with one attached hydrogen (secondary N) is 1. The molecule has 0 aliphatic carbocycles. The molecule has 0 saturated carbocycles. The van der Waals surface area contributed by atoms with Crippen LogP contribution in [0, 0.1) is 13.8 Å². The molecule has 7 heteroatoms. The number of rotatable bonds is 6. The van der Waals surface area contributed by atoms with E-state index in [-0.39, 0.29) is 5.91 Å². The second-order valence-corrected chi connectivity index (χ2v) is 6.73. The van der Waals surface area contributed by atoms with Gasteiger partial charge in [0.15, 0.2) is 0 Å². The lowest BCUT2D eigenvalue weighted by atomic mass is 10.1. The van der Waals surface area contributed by atoms with Crippen molar-refractivity contribution in [1.82, 2.24) is 25.1 Å². The first-order chi connectivity index (χ1) is 14.1. The van der Waals surface area contributed by atoms with Gasteiger partial charge in [-0.05, 0) is 49.7 Å². The van der Waals surface area contributed by atoms with Crippen LogP contribution in [0.4, 0.5) is 0 Å². The molecular formula is C22H21N5O2. The van der Waals surface area contributed by atoms with Crippen LogP contribution >= 0.6 is 0 Å². The zero-order valence-electron chi connectivity index (χ0n) is 16.3. The Morgan fingerprint density at radius 1 is 1.14 bits per heavy atom. The standard InChI is InChI=1S/C22H21N5O2/c1-15-12-18(27-14-23-13-25-27)8-9-19(15)21(28)24-11-10-20-16(2)29-22(26-20)17-6-4-3-5-7-17/h3-9,12-14H,10-11H2,1-2H3,(H,24,28). The molecule has 146 valence electrons. The van der Waals surface area contributed by atoms with Crippen molar-refractivity contribution >= 4 is 5.91 Å². The van der Waals surface area contributed by atoms with E-state index in [0.29, 0.717) is 24.4 Å². The van der Waals surface area contributed by atoms with E-state index in [1.54, 1.807) is 17.1 Å². The molecule has 0 saturated heterocycles. The van der Waals surface area contributed by atoms with Crippen molar-refractivity contribution < 1.29 is 9.21 Å². The molecule has 0 fully saturated rings. The van der Waals surface area contributed by atoms with E-state index in [9.17, 15) is 4.79 Å². The maximum atomic E-state index is 12.6. The molecule has 0 radical (unpaired) electrons. The van der Waals surface area contributed by atoms with Gasteiger partial charge in [-0.25, -0.2) is 14.6 Å². The van der Waals surface area contributed by atoms with E-state index in [0.717, 1.165) is 28.3 Å². The van der Waals surface area contributed by atoms with Gasteiger partial charge in [0, 0.05) is 24.1 Å². The number of amides is 1. The summed E-state index contributed by atoms with van der Waals surface area (Å²) in [6.07, 6.45) is 3.70. The predicted octanol–water partition coefficient (Wildman–Crippen LogP) is 3.51. The number of benzene rings is 2. The van der Waals surface area contributed by atoms with Crippen molar-refractivity contribution in [1.29, 1.82) is 0 Å². The van der Waals surface area contributed by atoms with Crippen molar-refractivity contribution in [2.45, 2.75) is 20.3 Å². The highest BCUT2D eigenvalue weighted by molar-refractivity contribution is 5.95. The van der Waals surface area contributed by atoms with Crippen molar-refractivity contribution in [3.8, 4) is 17.1 Å². The van der Waals surface area contributed by atoms with Gasteiger partial charge in [-0.2, -0.15) is 5.10 Å². The minimum atomic E-state index is -0.114. The Balaban J connectivity index is 1.39. The molecule has 29 heavy (non-hydrogen) atoms. The molecule has 0 spiro atoms. The van der Waals surface area contributed by atoms with Crippen molar-refractivity contribution in [2.75, 3.05) is 6.54 Å². The summed E-state index contributed by atoms with van der Waals surface area (Å²) in [5, 5.41) is 7.07. The van der Waals surface area contributed by atoms with Crippen molar-refractivity contribution in [2.24, 2.45) is 0 Å². The second-order valence-electron chi connectivity index (χ2n) is 6.73. The molecular weight excluding hydrogens is 366 g/mol. The van der Waals surface area contributed by atoms with Gasteiger partial charge in [0.05, 0.1) is 11.4 Å². The molecule has 0 bridgehead atoms. The third kappa shape index (κ3) is 4.08. The topological polar surface area (TPSA) is 85.8 Å². The van der Waals surface area contributed by atoms with Crippen LogP contribution < -0.4 is 5.32 Å². The quantitative estimate of drug-likeness (QED) is 0.547. The number of hydrogen-bond acceptors (Lipinski definition) is 5. The maximum Gasteiger partial charge on any atom is 0.251 e. The molecule has 7 nitrogen and oxygen atoms in total. The number of carbonyl (C=O) groups excluding carboxylic acids is 1. The SMILES string of the molecule is Cc1cc(-n2cncn2)ccc1C(=O)NCCc1nc(-c2ccccc2)oc1C. The Morgan fingerprint density at radius 2 is 1.97 bits per heavy atom. The summed E-state index contributed by atoms with van der Waals surface area (Å²) in [6, 6.07) is 15.3. The van der Waals surface area contributed by atoms with E-state index in [2.05, 4.69) is 20.4 Å². The van der Waals surface area contributed by atoms with Crippen LogP contribution in [-0.4, -0.2) is 32.2 Å². The number of aryl methyl sites for hydroxylation is 2. The minimum Gasteiger partial charge on any atom is -0.441 e. The van der Waals surface area contributed by atoms with Crippen LogP contribution in [0.5, 0.6) is 0 Å². The van der Waals surface area contributed by atoms with Gasteiger partial charge in [-0.1, -0.05) is 18.2 Å². The number of aromatic nitrogens is 4. The number of hydrogen-bond donors (Lipinski definition) is 1. The predicted molar refractivity (Wildman–Crippen MR) is 109 cm³/mol. The largest absolute Gasteiger partial charge is 0.441 e. The first-order valence-corrected chi connectivity index (χ1v) is 9.37. The fourth-order valence-electron chi connectivity index (χ4n) is 3.14. The molecule has 2 heterocycles. The first kappa shape index (κ1) is 18.6. The normalized spacial score (nSPS) is 10.8. The van der Waals surface area contributed by atoms with Crippen LogP contribution in [0.15, 0.2) is 65.6 Å². The molecule has 4 rings (SSSR count). The highest BCUT2D eigenvalue weighted by Crippen LogP contribution is 2.21. The highest BCUT2D eigenvalue weighted by atomic mass is 16.4. The summed E-state index contributed by atoms with van der Waals surface area (Å²) in [5.74, 6) is 1.26. The van der Waals surface area contributed by atoms with Gasteiger partial charge in [0.25, 0.3) is 5.91 Å². The zero-order chi connectivity index (χ0) is 20.2. The third-order valence-corrected chi connectivity index (χ3v) is 4.70. The molecule has 0 aliphatic heterocycles. The van der Waals surface area contributed by atoms with Gasteiger partial charge in [-0.3, -0.25) is 4.79 Å². The molecule has 0 unspecified atom stereocenters. The third-order valence-electron chi connectivity index (χ3n) is 4.70. The van der Waals surface area contributed by atoms with Gasteiger partial charge in [0.1, 0.15) is 18.4 Å². The lowest BCUT2D eigenvalue weighted by molar-refractivity contribution is 0.0953. The van der Waals surface area contributed by atoms with Crippen molar-refractivity contribution in [3.05, 3.63) is 83.8 Å². The van der Waals surface area contributed by atoms with Crippen LogP contribution in [-0.2, 0) is 6.42 Å². The fourth-order valence-corrected chi connectivity index (χ4v) is 3.14. The molecule has 1 amide bonds. The number of nitrogens with zero attached hydrogens (tertiary/aromatic N) is 4. The summed E-state index contributed by atoms with van der Waals surface area (Å²) in [7, 11) is 0. The van der Waals surface area contributed by atoms with Crippen LogP contribution in [0.3, 0.4) is 0 Å². The lowest BCUT2D eigenvalue weighted by Crippen LogP contribution is -2.26. The molecule has 4 aromatic rings. The smallest absolute Gasteiger partial charge is 0.251 e. The van der Waals surface area contributed by atoms with Crippen LogP contribution in [0.25, 0.3) is 17.1 Å². The van der Waals surface area contributed by atoms with E-state index < -0.39 is 0 Å². The van der Waals surface area contributed by atoms with Crippen molar-refractivity contribution in [3.63, 3.8) is 0 Å². The number of oxazole rings is 1. The first-order valence-electron chi connectivity index (χ1n) is 9.37. The summed E-state index contributed by atoms with van der Waals surface area (Å²) < 4.78 is 7.43. The van der Waals surface area contributed by atoms with Gasteiger partial charge in [0.2, 0.25) is 5.89 Å². The van der Waals surface area contributed by atoms with E-state index in [1.165, 1.54) is 6.33 Å². The summed E-state index contributed by atoms with van der Waals surface area (Å²) >= 11 is 0. The summed E-state index contributed by atoms with van der Waals surface area (Å²) in [6.45, 7) is 4.28. The molecule has 1 N–H and O–H groups in total. The van der Waals surface area contributed by atoms with Gasteiger partial charge in [-0.15, -0.1) is 0 Å². The lowest BCUT2D eigenvalue weighted by Gasteiger charge is -2.09. The second kappa shape index (κ2) is 8.10.